The van der Waals surface area contributed by atoms with E-state index >= 15 is 0 Å². The number of primary amides is 1. The van der Waals surface area contributed by atoms with Crippen molar-refractivity contribution in [2.45, 2.75) is 13.8 Å². The van der Waals surface area contributed by atoms with Gasteiger partial charge in [0.05, 0.1) is 0 Å². The molecule has 54 valence electrons. The van der Waals surface area contributed by atoms with Gasteiger partial charge in [-0.2, -0.15) is 0 Å². The highest BCUT2D eigenvalue weighted by atomic mass is 16.2. The largest absolute Gasteiger partial charge is 0.350 e. The molecule has 0 saturated heterocycles. The van der Waals surface area contributed by atoms with Crippen molar-refractivity contribution >= 4 is 6.03 Å². The van der Waals surface area contributed by atoms with E-state index in [-0.39, 0.29) is 0 Å². The van der Waals surface area contributed by atoms with Gasteiger partial charge in [0.1, 0.15) is 0 Å². The third kappa shape index (κ3) is 2.92. The van der Waals surface area contributed by atoms with E-state index in [2.05, 4.69) is 5.43 Å². The van der Waals surface area contributed by atoms with E-state index in [0.29, 0.717) is 6.54 Å². The second-order valence-electron chi connectivity index (χ2n) is 1.59. The number of nitrogens with zero attached hydrogens (tertiary/aromatic N) is 1. The number of urea groups is 1. The predicted octanol–water partition coefficient (Wildman–Crippen LogP) is -0.0885. The van der Waals surface area contributed by atoms with Gasteiger partial charge in [0.15, 0.2) is 0 Å². The molecule has 0 aliphatic rings. The monoisotopic (exact) mass is 131 g/mol. The molecular weight excluding hydrogens is 118 g/mol. The molecule has 0 saturated carbocycles. The molecule has 0 aromatic heterocycles. The molecule has 9 heavy (non-hydrogen) atoms. The molecule has 0 spiro atoms. The topological polar surface area (TPSA) is 58.4 Å². The van der Waals surface area contributed by atoms with Crippen LogP contribution in [0.4, 0.5) is 4.79 Å². The Morgan fingerprint density at radius 2 is 2.22 bits per heavy atom. The number of nitrogens with one attached hydrogen (secondary N) is 1. The number of hydrogen-bond acceptors (Lipinski definition) is 2. The molecular formula is C5H13N3O. The fraction of sp³-hybridized carbons (Fsp3) is 0.800. The normalized spacial score (nSPS) is 9.11. The average molecular weight is 131 g/mol. The molecule has 0 heterocycles. The number of hydrazine groups is 1. The Labute approximate surface area is 55.0 Å². The summed E-state index contributed by atoms with van der Waals surface area (Å²) in [4.78, 5) is 10.4. The van der Waals surface area contributed by atoms with E-state index in [1.165, 1.54) is 5.01 Å². The molecule has 0 aromatic carbocycles. The molecule has 0 aromatic rings. The van der Waals surface area contributed by atoms with Gasteiger partial charge in [0.2, 0.25) is 0 Å². The van der Waals surface area contributed by atoms with Crippen LogP contribution in [0.5, 0.6) is 0 Å². The average Bonchev–Trinajstić information content (AvgIpc) is 1.82. The van der Waals surface area contributed by atoms with Crippen molar-refractivity contribution in [3.8, 4) is 0 Å². The minimum absolute atomic E-state index is 0.431. The Morgan fingerprint density at radius 3 is 2.33 bits per heavy atom. The summed E-state index contributed by atoms with van der Waals surface area (Å²) in [6, 6.07) is -0.431. The lowest BCUT2D eigenvalue weighted by Crippen LogP contribution is -2.45. The van der Waals surface area contributed by atoms with Crippen molar-refractivity contribution in [3.05, 3.63) is 0 Å². The van der Waals surface area contributed by atoms with Gasteiger partial charge in [-0.25, -0.2) is 10.2 Å². The Bertz CT molecular complexity index is 94.2. The van der Waals surface area contributed by atoms with Gasteiger partial charge >= 0.3 is 6.03 Å². The highest BCUT2D eigenvalue weighted by Crippen LogP contribution is 1.77. The minimum Gasteiger partial charge on any atom is -0.350 e. The zero-order valence-corrected chi connectivity index (χ0v) is 5.85. The summed E-state index contributed by atoms with van der Waals surface area (Å²) in [6.45, 7) is 5.08. The molecule has 0 unspecified atom stereocenters. The fourth-order valence-electron chi connectivity index (χ4n) is 0.536. The van der Waals surface area contributed by atoms with Crippen LogP contribution >= 0.6 is 0 Å². The molecule has 4 heteroatoms. The van der Waals surface area contributed by atoms with Crippen molar-refractivity contribution in [2.75, 3.05) is 13.1 Å². The number of carbonyl (C=O) groups is 1. The van der Waals surface area contributed by atoms with Crippen LogP contribution in [0.1, 0.15) is 13.8 Å². The molecule has 0 atom stereocenters. The second kappa shape index (κ2) is 4.14. The zero-order valence-electron chi connectivity index (χ0n) is 5.85. The van der Waals surface area contributed by atoms with Crippen LogP contribution in [0.15, 0.2) is 0 Å². The first kappa shape index (κ1) is 8.23. The lowest BCUT2D eigenvalue weighted by Gasteiger charge is -2.17. The summed E-state index contributed by atoms with van der Waals surface area (Å²) in [7, 11) is 0. The molecule has 0 radical (unpaired) electrons. The van der Waals surface area contributed by atoms with E-state index in [4.69, 9.17) is 5.73 Å². The molecule has 4 nitrogen and oxygen atoms in total. The maximum absolute atomic E-state index is 10.4. The Hall–Kier alpha value is -0.770. The standard InChI is InChI=1S/C5H13N3O/c1-3-7-8(4-2)5(6)9/h7H,3-4H2,1-2H3,(H2,6,9). The van der Waals surface area contributed by atoms with Gasteiger partial charge in [0, 0.05) is 13.1 Å². The number of hydrogen-bond donors (Lipinski definition) is 2. The highest BCUT2D eigenvalue weighted by molar-refractivity contribution is 5.71. The highest BCUT2D eigenvalue weighted by Gasteiger charge is 2.01. The molecule has 3 N–H and O–H groups in total. The van der Waals surface area contributed by atoms with E-state index in [1.807, 2.05) is 13.8 Å². The van der Waals surface area contributed by atoms with Crippen molar-refractivity contribution in [1.29, 1.82) is 0 Å². The molecule has 2 amide bonds. The lowest BCUT2D eigenvalue weighted by atomic mass is 10.7. The Balaban J connectivity index is 3.54. The van der Waals surface area contributed by atoms with Crippen LogP contribution in [0.25, 0.3) is 0 Å². The van der Waals surface area contributed by atoms with Crippen LogP contribution in [-0.4, -0.2) is 24.1 Å². The first-order valence-electron chi connectivity index (χ1n) is 3.02. The van der Waals surface area contributed by atoms with Crippen molar-refractivity contribution in [3.63, 3.8) is 0 Å². The van der Waals surface area contributed by atoms with Crippen LogP contribution in [-0.2, 0) is 0 Å². The number of nitrogens with two attached hydrogens (primary N) is 1. The van der Waals surface area contributed by atoms with Gasteiger partial charge in [-0.1, -0.05) is 6.92 Å². The first-order chi connectivity index (χ1) is 4.22. The van der Waals surface area contributed by atoms with Gasteiger partial charge in [-0.3, -0.25) is 5.01 Å². The molecule has 0 aliphatic heterocycles. The maximum atomic E-state index is 10.4. The van der Waals surface area contributed by atoms with Crippen molar-refractivity contribution in [2.24, 2.45) is 5.73 Å². The van der Waals surface area contributed by atoms with Gasteiger partial charge in [-0.15, -0.1) is 0 Å². The van der Waals surface area contributed by atoms with Gasteiger partial charge in [0.25, 0.3) is 0 Å². The fourth-order valence-corrected chi connectivity index (χ4v) is 0.536. The number of rotatable bonds is 3. The second-order valence-corrected chi connectivity index (χ2v) is 1.59. The Morgan fingerprint density at radius 1 is 1.67 bits per heavy atom. The van der Waals surface area contributed by atoms with Crippen LogP contribution in [0.2, 0.25) is 0 Å². The SMILES string of the molecule is CCNN(CC)C(N)=O. The number of amides is 2. The molecule has 0 aliphatic carbocycles. The quantitative estimate of drug-likeness (QED) is 0.526. The molecule has 0 rings (SSSR count). The van der Waals surface area contributed by atoms with E-state index in [9.17, 15) is 4.79 Å². The molecule has 0 bridgehead atoms. The van der Waals surface area contributed by atoms with E-state index < -0.39 is 6.03 Å². The summed E-state index contributed by atoms with van der Waals surface area (Å²) in [5.41, 5.74) is 7.75. The summed E-state index contributed by atoms with van der Waals surface area (Å²) >= 11 is 0. The van der Waals surface area contributed by atoms with E-state index in [1.54, 1.807) is 0 Å². The summed E-state index contributed by atoms with van der Waals surface area (Å²) in [5.74, 6) is 0. The third-order valence-electron chi connectivity index (χ3n) is 0.931. The van der Waals surface area contributed by atoms with Crippen LogP contribution < -0.4 is 11.2 Å². The van der Waals surface area contributed by atoms with Crippen molar-refractivity contribution in [1.82, 2.24) is 10.4 Å². The first-order valence-corrected chi connectivity index (χ1v) is 3.02. The minimum atomic E-state index is -0.431. The summed E-state index contributed by atoms with van der Waals surface area (Å²) in [5, 5.41) is 1.36. The smallest absolute Gasteiger partial charge is 0.329 e. The predicted molar refractivity (Wildman–Crippen MR) is 35.6 cm³/mol. The van der Waals surface area contributed by atoms with Crippen LogP contribution in [0, 0.1) is 0 Å². The van der Waals surface area contributed by atoms with E-state index in [0.717, 1.165) is 6.54 Å². The summed E-state index contributed by atoms with van der Waals surface area (Å²) < 4.78 is 0. The summed E-state index contributed by atoms with van der Waals surface area (Å²) in [6.07, 6.45) is 0. The Kier molecular flexibility index (Phi) is 3.79. The van der Waals surface area contributed by atoms with Gasteiger partial charge < -0.3 is 5.73 Å². The molecule has 0 fully saturated rings. The third-order valence-corrected chi connectivity index (χ3v) is 0.931. The number of carbonyl (C=O) groups excluding carboxylic acids is 1. The van der Waals surface area contributed by atoms with Gasteiger partial charge in [-0.05, 0) is 6.92 Å². The van der Waals surface area contributed by atoms with Crippen molar-refractivity contribution < 1.29 is 4.79 Å². The van der Waals surface area contributed by atoms with Crippen LogP contribution in [0.3, 0.4) is 0 Å². The zero-order chi connectivity index (χ0) is 7.28. The maximum Gasteiger partial charge on any atom is 0.329 e. The lowest BCUT2D eigenvalue weighted by molar-refractivity contribution is 0.186.